The molecule has 36 heavy (non-hydrogen) atoms. The van der Waals surface area contributed by atoms with Gasteiger partial charge in [0.05, 0.1) is 11.9 Å². The Hall–Kier alpha value is -2.50. The molecule has 1 unspecified atom stereocenters. The quantitative estimate of drug-likeness (QED) is 0.577. The van der Waals surface area contributed by atoms with Gasteiger partial charge in [0, 0.05) is 7.05 Å². The summed E-state index contributed by atoms with van der Waals surface area (Å²) in [5.74, 6) is 0. The highest BCUT2D eigenvalue weighted by molar-refractivity contribution is 7.94. The van der Waals surface area contributed by atoms with Gasteiger partial charge in [-0.25, -0.2) is 23.5 Å². The van der Waals surface area contributed by atoms with E-state index in [-0.39, 0.29) is 9.22 Å². The predicted octanol–water partition coefficient (Wildman–Crippen LogP) is 4.87. The Balaban J connectivity index is 1.77. The number of rotatable bonds is 4. The van der Waals surface area contributed by atoms with Crippen LogP contribution in [0, 0.1) is 0 Å². The number of benzene rings is 1. The molecule has 2 aromatic rings. The number of amides is 3. The van der Waals surface area contributed by atoms with Gasteiger partial charge in [-0.1, -0.05) is 6.07 Å². The van der Waals surface area contributed by atoms with Crippen LogP contribution in [-0.4, -0.2) is 39.1 Å². The highest BCUT2D eigenvalue weighted by atomic mass is 32.2. The topological polar surface area (TPSA) is 121 Å². The van der Waals surface area contributed by atoms with E-state index in [9.17, 15) is 18.9 Å². The molecule has 0 saturated carbocycles. The van der Waals surface area contributed by atoms with Crippen molar-refractivity contribution in [1.29, 1.82) is 0 Å². The summed E-state index contributed by atoms with van der Waals surface area (Å²) in [7, 11) is -2.17. The maximum atomic E-state index is 14.1. The molecule has 0 spiro atoms. The highest BCUT2D eigenvalue weighted by Crippen LogP contribution is 2.40. The molecule has 2 aliphatic rings. The summed E-state index contributed by atoms with van der Waals surface area (Å²) < 4.78 is 25.8. The molecule has 9 nitrogen and oxygen atoms in total. The van der Waals surface area contributed by atoms with Crippen LogP contribution in [0.4, 0.5) is 15.3 Å². The number of aromatic nitrogens is 1. The van der Waals surface area contributed by atoms with Gasteiger partial charge in [0.15, 0.2) is 9.92 Å². The number of ether oxygens (including phenoxy) is 1. The van der Waals surface area contributed by atoms with Gasteiger partial charge in [0.1, 0.15) is 20.4 Å². The van der Waals surface area contributed by atoms with E-state index in [0.717, 1.165) is 66.7 Å². The number of hydrogen-bond acceptors (Lipinski definition) is 7. The van der Waals surface area contributed by atoms with Crippen molar-refractivity contribution < 1.29 is 23.6 Å². The number of carbonyl (C=O) groups excluding carboxylic acids is 2. The fraction of sp³-hybridized carbons (Fsp3) is 0.560. The molecule has 1 heterocycles. The van der Waals surface area contributed by atoms with E-state index in [1.807, 2.05) is 0 Å². The van der Waals surface area contributed by atoms with Gasteiger partial charge < -0.3 is 9.84 Å². The lowest BCUT2D eigenvalue weighted by Gasteiger charge is -2.23. The Kier molecular flexibility index (Phi) is 6.95. The molecule has 0 bridgehead atoms. The first-order valence-corrected chi connectivity index (χ1v) is 14.4. The van der Waals surface area contributed by atoms with Gasteiger partial charge in [0.25, 0.3) is 0 Å². The van der Waals surface area contributed by atoms with Crippen LogP contribution in [0.1, 0.15) is 74.7 Å². The zero-order chi connectivity index (χ0) is 26.5. The Labute approximate surface area is 216 Å². The Morgan fingerprint density at radius 2 is 1.69 bits per heavy atom. The molecule has 0 fully saturated rings. The average Bonchev–Trinajstić information content (AvgIpc) is 3.48. The van der Waals surface area contributed by atoms with Crippen molar-refractivity contribution in [2.75, 3.05) is 11.9 Å². The lowest BCUT2D eigenvalue weighted by molar-refractivity contribution is 0.0571. The second-order valence-electron chi connectivity index (χ2n) is 10.8. The minimum Gasteiger partial charge on any atom is -0.443 e. The molecule has 3 amide bonds. The summed E-state index contributed by atoms with van der Waals surface area (Å²) in [6, 6.07) is 1.54. The van der Waals surface area contributed by atoms with Crippen LogP contribution in [-0.2, 0) is 45.9 Å². The smallest absolute Gasteiger partial charge is 0.420 e. The van der Waals surface area contributed by atoms with Gasteiger partial charge in [-0.2, -0.15) is 0 Å². The van der Waals surface area contributed by atoms with E-state index < -0.39 is 33.2 Å². The largest absolute Gasteiger partial charge is 0.443 e. The number of fused-ring (bicyclic) bond motifs is 2. The molecule has 0 aliphatic heterocycles. The third-order valence-electron chi connectivity index (χ3n) is 6.17. The van der Waals surface area contributed by atoms with Crippen molar-refractivity contribution in [2.45, 2.75) is 88.6 Å². The summed E-state index contributed by atoms with van der Waals surface area (Å²) in [6.07, 6.45) is 6.08. The lowest BCUT2D eigenvalue weighted by Crippen LogP contribution is -2.37. The first-order chi connectivity index (χ1) is 16.7. The number of carbonyl (C=O) groups is 2. The zero-order valence-corrected chi connectivity index (χ0v) is 23.3. The molecule has 196 valence electrons. The molecular weight excluding hydrogens is 500 g/mol. The van der Waals surface area contributed by atoms with E-state index in [2.05, 4.69) is 20.1 Å². The fourth-order valence-corrected chi connectivity index (χ4v) is 7.28. The molecule has 1 atom stereocenters. The summed E-state index contributed by atoms with van der Waals surface area (Å²) >= 11 is 0.925. The molecule has 1 aromatic heterocycles. The van der Waals surface area contributed by atoms with Crippen molar-refractivity contribution in [3.05, 3.63) is 39.5 Å². The van der Waals surface area contributed by atoms with E-state index in [4.69, 9.17) is 4.74 Å². The van der Waals surface area contributed by atoms with E-state index in [0.29, 0.717) is 0 Å². The Bertz CT molecular complexity index is 1290. The van der Waals surface area contributed by atoms with Gasteiger partial charge in [-0.3, -0.25) is 4.90 Å². The zero-order valence-electron chi connectivity index (χ0n) is 21.6. The number of anilines is 1. The van der Waals surface area contributed by atoms with E-state index >= 15 is 0 Å². The number of nitrogens with one attached hydrogen (secondary N) is 1. The summed E-state index contributed by atoms with van der Waals surface area (Å²) in [6.45, 7) is 8.14. The molecule has 11 heteroatoms. The van der Waals surface area contributed by atoms with Crippen molar-refractivity contribution in [3.8, 4) is 0 Å². The van der Waals surface area contributed by atoms with Crippen LogP contribution in [0.3, 0.4) is 0 Å². The summed E-state index contributed by atoms with van der Waals surface area (Å²) in [4.78, 5) is 31.8. The van der Waals surface area contributed by atoms with Gasteiger partial charge >= 0.3 is 12.1 Å². The minimum atomic E-state index is -3.81. The predicted molar refractivity (Wildman–Crippen MR) is 140 cm³/mol. The van der Waals surface area contributed by atoms with Gasteiger partial charge in [0.2, 0.25) is 0 Å². The number of aliphatic hydroxyl groups is 1. The second-order valence-corrected chi connectivity index (χ2v) is 14.0. The molecular formula is C25H34N4O5S2. The fourth-order valence-electron chi connectivity index (χ4n) is 4.66. The first kappa shape index (κ1) is 26.6. The van der Waals surface area contributed by atoms with Crippen molar-refractivity contribution in [3.63, 3.8) is 0 Å². The molecule has 2 N–H and O–H groups in total. The number of nitrogens with zero attached hydrogens (tertiary/aromatic N) is 3. The van der Waals surface area contributed by atoms with Crippen LogP contribution >= 0.6 is 11.3 Å². The standard InChI is InChI=1S/C25H34N4O5S2/c1-24(2,3)34-23(31)28-36(33,19-14-26-21(35-19)25(4,5)32)27-22(30)29(6)20-17-11-7-9-15(17)13-16-10-8-12-18(16)20/h13-14,32H,7-12H2,1-6H3,(H,27,28,30,31,33). The Morgan fingerprint density at radius 1 is 1.11 bits per heavy atom. The molecule has 4 rings (SSSR count). The van der Waals surface area contributed by atoms with Crippen molar-refractivity contribution >= 4 is 39.1 Å². The van der Waals surface area contributed by atoms with Crippen molar-refractivity contribution in [1.82, 2.24) is 9.71 Å². The van der Waals surface area contributed by atoms with Crippen LogP contribution < -0.4 is 9.62 Å². The second kappa shape index (κ2) is 9.42. The molecule has 0 radical (unpaired) electrons. The van der Waals surface area contributed by atoms with Gasteiger partial charge in [-0.05, 0) is 95.4 Å². The average molecular weight is 535 g/mol. The Morgan fingerprint density at radius 3 is 2.19 bits per heavy atom. The molecule has 0 saturated heterocycles. The molecule has 2 aliphatic carbocycles. The summed E-state index contributed by atoms with van der Waals surface area (Å²) in [5, 5.41) is 10.6. The van der Waals surface area contributed by atoms with E-state index in [1.165, 1.54) is 22.2 Å². The summed E-state index contributed by atoms with van der Waals surface area (Å²) in [5.41, 5.74) is 3.53. The number of hydrogen-bond donors (Lipinski definition) is 2. The third kappa shape index (κ3) is 5.42. The minimum absolute atomic E-state index is 0.0516. The maximum Gasteiger partial charge on any atom is 0.420 e. The van der Waals surface area contributed by atoms with Gasteiger partial charge in [-0.15, -0.1) is 15.7 Å². The highest BCUT2D eigenvalue weighted by Gasteiger charge is 2.31. The normalized spacial score (nSPS) is 16.6. The number of aryl methyl sites for hydroxylation is 2. The lowest BCUT2D eigenvalue weighted by atomic mass is 9.98. The monoisotopic (exact) mass is 534 g/mol. The van der Waals surface area contributed by atoms with Crippen LogP contribution in [0.15, 0.2) is 20.8 Å². The van der Waals surface area contributed by atoms with Crippen LogP contribution in [0.5, 0.6) is 0 Å². The first-order valence-electron chi connectivity index (χ1n) is 12.1. The third-order valence-corrected chi connectivity index (χ3v) is 9.71. The van der Waals surface area contributed by atoms with Crippen LogP contribution in [0.25, 0.3) is 0 Å². The molecule has 1 aromatic carbocycles. The number of thiazole rings is 1. The SMILES string of the molecule is CN(C(=O)N=S(=O)(NC(=O)OC(C)(C)C)c1cnc(C(C)(C)O)s1)c1c2c(cc3c1CCC3)CCC2. The maximum absolute atomic E-state index is 14.1. The van der Waals surface area contributed by atoms with Crippen molar-refractivity contribution in [2.24, 2.45) is 4.36 Å². The number of urea groups is 1. The van der Waals surface area contributed by atoms with E-state index in [1.54, 1.807) is 41.7 Å². The van der Waals surface area contributed by atoms with Crippen LogP contribution in [0.2, 0.25) is 0 Å².